The Labute approximate surface area is 103 Å². The van der Waals surface area contributed by atoms with E-state index in [4.69, 9.17) is 4.74 Å². The van der Waals surface area contributed by atoms with E-state index in [0.29, 0.717) is 6.61 Å². The van der Waals surface area contributed by atoms with Crippen LogP contribution in [0.1, 0.15) is 43.8 Å². The topological polar surface area (TPSA) is 47.0 Å². The molecule has 1 aromatic rings. The number of aryl methyl sites for hydroxylation is 1. The number of ether oxygens (including phenoxy) is 1. The van der Waals surface area contributed by atoms with Crippen molar-refractivity contribution < 1.29 is 4.74 Å². The predicted octanol–water partition coefficient (Wildman–Crippen LogP) is 2.32. The Bertz CT molecular complexity index is 379. The monoisotopic (exact) mass is 235 g/mol. The predicted molar refractivity (Wildman–Crippen MR) is 68.2 cm³/mol. The van der Waals surface area contributed by atoms with Gasteiger partial charge in [0.1, 0.15) is 11.6 Å². The molecular weight excluding hydrogens is 214 g/mol. The van der Waals surface area contributed by atoms with E-state index in [9.17, 15) is 0 Å². The molecule has 0 bridgehead atoms. The van der Waals surface area contributed by atoms with E-state index in [1.165, 1.54) is 5.69 Å². The number of nitrogens with one attached hydrogen (secondary N) is 1. The molecule has 0 spiro atoms. The molecule has 1 aromatic heterocycles. The third kappa shape index (κ3) is 2.94. The normalized spacial score (nSPS) is 14.5. The maximum absolute atomic E-state index is 5.50. The summed E-state index contributed by atoms with van der Waals surface area (Å²) >= 11 is 0. The molecule has 0 saturated carbocycles. The summed E-state index contributed by atoms with van der Waals surface area (Å²) in [4.78, 5) is 9.25. The number of fused-ring (bicyclic) bond motifs is 1. The molecule has 0 amide bonds. The first-order chi connectivity index (χ1) is 8.35. The largest absolute Gasteiger partial charge is 0.376 e. The molecule has 2 rings (SSSR count). The first-order valence-corrected chi connectivity index (χ1v) is 6.55. The lowest BCUT2D eigenvalue weighted by atomic mass is 10.1. The van der Waals surface area contributed by atoms with Crippen LogP contribution in [-0.4, -0.2) is 23.1 Å². The number of anilines is 1. The summed E-state index contributed by atoms with van der Waals surface area (Å²) in [6.45, 7) is 6.70. The fraction of sp³-hybridized carbons (Fsp3) is 0.692. The maximum atomic E-state index is 5.50. The second kappa shape index (κ2) is 5.96. The van der Waals surface area contributed by atoms with Gasteiger partial charge in [0.15, 0.2) is 0 Å². The van der Waals surface area contributed by atoms with E-state index in [1.807, 2.05) is 0 Å². The van der Waals surface area contributed by atoms with Crippen LogP contribution >= 0.6 is 0 Å². The summed E-state index contributed by atoms with van der Waals surface area (Å²) < 4.78 is 5.50. The van der Waals surface area contributed by atoms with Crippen LogP contribution in [0.2, 0.25) is 0 Å². The Hall–Kier alpha value is -1.16. The molecule has 1 aliphatic rings. The lowest BCUT2D eigenvalue weighted by Crippen LogP contribution is -2.18. The molecule has 1 N–H and O–H groups in total. The van der Waals surface area contributed by atoms with Crippen molar-refractivity contribution >= 4 is 5.82 Å². The van der Waals surface area contributed by atoms with Gasteiger partial charge in [0.05, 0.1) is 18.9 Å². The van der Waals surface area contributed by atoms with Crippen molar-refractivity contribution in [2.75, 3.05) is 18.5 Å². The molecule has 0 fully saturated rings. The zero-order valence-corrected chi connectivity index (χ0v) is 10.8. The quantitative estimate of drug-likeness (QED) is 0.851. The van der Waals surface area contributed by atoms with Gasteiger partial charge in [-0.15, -0.1) is 0 Å². The van der Waals surface area contributed by atoms with Gasteiger partial charge in [0, 0.05) is 24.9 Å². The standard InChI is InChI=1S/C13H21N3O/c1-3-5-12-15-11-6-8-17-9-10(11)13(16-12)14-7-4-2/h3-9H2,1-2H3,(H,14,15,16). The third-order valence-corrected chi connectivity index (χ3v) is 2.88. The van der Waals surface area contributed by atoms with Crippen molar-refractivity contribution in [2.24, 2.45) is 0 Å². The lowest BCUT2D eigenvalue weighted by molar-refractivity contribution is 0.109. The van der Waals surface area contributed by atoms with Crippen LogP contribution in [0.25, 0.3) is 0 Å². The Morgan fingerprint density at radius 1 is 1.24 bits per heavy atom. The molecule has 0 atom stereocenters. The molecule has 17 heavy (non-hydrogen) atoms. The number of hydrogen-bond donors (Lipinski definition) is 1. The first kappa shape index (κ1) is 12.3. The Kier molecular flexibility index (Phi) is 4.31. The first-order valence-electron chi connectivity index (χ1n) is 6.55. The van der Waals surface area contributed by atoms with E-state index in [0.717, 1.165) is 56.0 Å². The van der Waals surface area contributed by atoms with E-state index in [1.54, 1.807) is 0 Å². The van der Waals surface area contributed by atoms with E-state index < -0.39 is 0 Å². The minimum Gasteiger partial charge on any atom is -0.376 e. The van der Waals surface area contributed by atoms with Crippen LogP contribution in [-0.2, 0) is 24.2 Å². The summed E-state index contributed by atoms with van der Waals surface area (Å²) in [5.41, 5.74) is 2.33. The van der Waals surface area contributed by atoms with Gasteiger partial charge >= 0.3 is 0 Å². The lowest BCUT2D eigenvalue weighted by Gasteiger charge is -2.20. The highest BCUT2D eigenvalue weighted by atomic mass is 16.5. The summed E-state index contributed by atoms with van der Waals surface area (Å²) in [5.74, 6) is 1.95. The van der Waals surface area contributed by atoms with E-state index in [-0.39, 0.29) is 0 Å². The highest BCUT2D eigenvalue weighted by molar-refractivity contribution is 5.47. The fourth-order valence-electron chi connectivity index (χ4n) is 2.01. The van der Waals surface area contributed by atoms with Crippen molar-refractivity contribution in [1.29, 1.82) is 0 Å². The Morgan fingerprint density at radius 2 is 2.12 bits per heavy atom. The average Bonchev–Trinajstić information content (AvgIpc) is 2.36. The zero-order chi connectivity index (χ0) is 12.1. The van der Waals surface area contributed by atoms with Gasteiger partial charge < -0.3 is 10.1 Å². The van der Waals surface area contributed by atoms with Gasteiger partial charge in [-0.25, -0.2) is 9.97 Å². The van der Waals surface area contributed by atoms with Crippen molar-refractivity contribution in [3.8, 4) is 0 Å². The molecule has 1 aliphatic heterocycles. The van der Waals surface area contributed by atoms with Gasteiger partial charge in [-0.1, -0.05) is 13.8 Å². The van der Waals surface area contributed by atoms with Gasteiger partial charge in [-0.3, -0.25) is 0 Å². The molecule has 0 aliphatic carbocycles. The number of rotatable bonds is 5. The number of hydrogen-bond acceptors (Lipinski definition) is 4. The minimum absolute atomic E-state index is 0.647. The summed E-state index contributed by atoms with van der Waals surface area (Å²) in [6.07, 6.45) is 4.05. The third-order valence-electron chi connectivity index (χ3n) is 2.88. The summed E-state index contributed by atoms with van der Waals surface area (Å²) in [7, 11) is 0. The fourth-order valence-corrected chi connectivity index (χ4v) is 2.01. The van der Waals surface area contributed by atoms with Crippen LogP contribution < -0.4 is 5.32 Å². The molecular formula is C13H21N3O. The van der Waals surface area contributed by atoms with Crippen LogP contribution in [0.3, 0.4) is 0 Å². The van der Waals surface area contributed by atoms with Gasteiger partial charge in [0.25, 0.3) is 0 Å². The Morgan fingerprint density at radius 3 is 2.88 bits per heavy atom. The number of nitrogens with zero attached hydrogens (tertiary/aromatic N) is 2. The van der Waals surface area contributed by atoms with E-state index in [2.05, 4.69) is 29.1 Å². The molecule has 2 heterocycles. The van der Waals surface area contributed by atoms with Crippen LogP contribution in [0.5, 0.6) is 0 Å². The molecule has 4 nitrogen and oxygen atoms in total. The second-order valence-electron chi connectivity index (χ2n) is 4.39. The van der Waals surface area contributed by atoms with Crippen molar-refractivity contribution in [2.45, 2.75) is 46.1 Å². The molecule has 0 aromatic carbocycles. The average molecular weight is 235 g/mol. The molecule has 0 unspecified atom stereocenters. The van der Waals surface area contributed by atoms with Gasteiger partial charge in [0.2, 0.25) is 0 Å². The van der Waals surface area contributed by atoms with Crippen molar-refractivity contribution in [3.05, 3.63) is 17.1 Å². The second-order valence-corrected chi connectivity index (χ2v) is 4.39. The van der Waals surface area contributed by atoms with Crippen LogP contribution in [0, 0.1) is 0 Å². The highest BCUT2D eigenvalue weighted by Gasteiger charge is 2.17. The molecule has 0 saturated heterocycles. The van der Waals surface area contributed by atoms with Crippen LogP contribution in [0.15, 0.2) is 0 Å². The Balaban J connectivity index is 2.28. The van der Waals surface area contributed by atoms with E-state index >= 15 is 0 Å². The van der Waals surface area contributed by atoms with Crippen molar-refractivity contribution in [3.63, 3.8) is 0 Å². The smallest absolute Gasteiger partial charge is 0.135 e. The number of aromatic nitrogens is 2. The molecule has 94 valence electrons. The molecule has 4 heteroatoms. The summed E-state index contributed by atoms with van der Waals surface area (Å²) in [6, 6.07) is 0. The zero-order valence-electron chi connectivity index (χ0n) is 10.8. The van der Waals surface area contributed by atoms with Gasteiger partial charge in [-0.05, 0) is 12.8 Å². The summed E-state index contributed by atoms with van der Waals surface area (Å²) in [5, 5.41) is 3.39. The molecule has 0 radical (unpaired) electrons. The van der Waals surface area contributed by atoms with Gasteiger partial charge in [-0.2, -0.15) is 0 Å². The maximum Gasteiger partial charge on any atom is 0.135 e. The van der Waals surface area contributed by atoms with Crippen molar-refractivity contribution in [1.82, 2.24) is 9.97 Å². The highest BCUT2D eigenvalue weighted by Crippen LogP contribution is 2.22. The minimum atomic E-state index is 0.647. The SMILES string of the molecule is CCCNc1nc(CCC)nc2c1COCC2. The van der Waals surface area contributed by atoms with Crippen LogP contribution in [0.4, 0.5) is 5.82 Å².